The lowest BCUT2D eigenvalue weighted by Gasteiger charge is -2.35. The minimum Gasteiger partial charge on any atom is -0.381 e. The summed E-state index contributed by atoms with van der Waals surface area (Å²) in [4.78, 5) is 13.2. The van der Waals surface area contributed by atoms with Gasteiger partial charge in [-0.2, -0.15) is 13.2 Å². The summed E-state index contributed by atoms with van der Waals surface area (Å²) in [6.07, 6.45) is -2.46. The number of nitrogens with one attached hydrogen (secondary N) is 2. The van der Waals surface area contributed by atoms with Crippen LogP contribution in [0, 0.1) is 5.92 Å². The van der Waals surface area contributed by atoms with E-state index in [0.29, 0.717) is 51.7 Å². The Hall–Kier alpha value is -0.860. The fourth-order valence-electron chi connectivity index (χ4n) is 2.89. The number of hydrogen-bond acceptors (Lipinski definition) is 4. The molecule has 0 aromatic rings. The number of carbonyl (C=O) groups is 1. The highest BCUT2D eigenvalue weighted by Crippen LogP contribution is 2.25. The summed E-state index contributed by atoms with van der Waals surface area (Å²) in [7, 11) is 0. The fraction of sp³-hybridized carbons (Fsp3) is 0.929. The highest BCUT2D eigenvalue weighted by Gasteiger charge is 2.43. The molecule has 2 saturated heterocycles. The number of rotatable bonds is 6. The molecule has 0 aromatic carbocycles. The molecule has 0 spiro atoms. The molecule has 5 nitrogen and oxygen atoms in total. The standard InChI is InChI=1S/C14H24F3N3O2/c15-14(16,17)12(20-6-4-18-5-7-20)9-19-13(21)2-1-11-3-8-22-10-11/h11-12,18H,1-10H2,(H,19,21). The van der Waals surface area contributed by atoms with E-state index in [1.165, 1.54) is 4.90 Å². The van der Waals surface area contributed by atoms with Crippen molar-refractivity contribution in [2.75, 3.05) is 45.9 Å². The predicted molar refractivity (Wildman–Crippen MR) is 75.5 cm³/mol. The van der Waals surface area contributed by atoms with Gasteiger partial charge >= 0.3 is 6.18 Å². The second-order valence-corrected chi connectivity index (χ2v) is 5.92. The van der Waals surface area contributed by atoms with E-state index in [4.69, 9.17) is 4.74 Å². The van der Waals surface area contributed by atoms with Gasteiger partial charge in [-0.25, -0.2) is 0 Å². The van der Waals surface area contributed by atoms with Crippen LogP contribution in [0.1, 0.15) is 19.3 Å². The highest BCUT2D eigenvalue weighted by molar-refractivity contribution is 5.75. The van der Waals surface area contributed by atoms with Gasteiger partial charge in [0.15, 0.2) is 0 Å². The van der Waals surface area contributed by atoms with Gasteiger partial charge < -0.3 is 15.4 Å². The third kappa shape index (κ3) is 5.40. The van der Waals surface area contributed by atoms with Crippen LogP contribution in [0.3, 0.4) is 0 Å². The largest absolute Gasteiger partial charge is 0.405 e. The summed E-state index contributed by atoms with van der Waals surface area (Å²) in [5, 5.41) is 5.48. The molecule has 2 unspecified atom stereocenters. The van der Waals surface area contributed by atoms with Crippen LogP contribution in [-0.4, -0.2) is 69.0 Å². The van der Waals surface area contributed by atoms with Gasteiger partial charge in [-0.15, -0.1) is 0 Å². The number of nitrogens with zero attached hydrogens (tertiary/aromatic N) is 1. The van der Waals surface area contributed by atoms with Gasteiger partial charge in [0.05, 0.1) is 0 Å². The average Bonchev–Trinajstić information content (AvgIpc) is 2.98. The number of carbonyl (C=O) groups excluding carboxylic acids is 1. The van der Waals surface area contributed by atoms with Crippen LogP contribution in [0.15, 0.2) is 0 Å². The molecule has 128 valence electrons. The van der Waals surface area contributed by atoms with Crippen LogP contribution in [0.25, 0.3) is 0 Å². The zero-order valence-corrected chi connectivity index (χ0v) is 12.6. The van der Waals surface area contributed by atoms with Gasteiger partial charge in [0.25, 0.3) is 0 Å². The lowest BCUT2D eigenvalue weighted by atomic mass is 10.0. The Morgan fingerprint density at radius 1 is 1.36 bits per heavy atom. The van der Waals surface area contributed by atoms with E-state index in [9.17, 15) is 18.0 Å². The summed E-state index contributed by atoms with van der Waals surface area (Å²) < 4.78 is 44.7. The molecular formula is C14H24F3N3O2. The summed E-state index contributed by atoms with van der Waals surface area (Å²) >= 11 is 0. The summed E-state index contributed by atoms with van der Waals surface area (Å²) in [6.45, 7) is 2.78. The van der Waals surface area contributed by atoms with Crippen molar-refractivity contribution in [1.29, 1.82) is 0 Å². The molecule has 1 amide bonds. The Labute approximate surface area is 128 Å². The number of amides is 1. The maximum Gasteiger partial charge on any atom is 0.405 e. The van der Waals surface area contributed by atoms with Crippen molar-refractivity contribution in [2.24, 2.45) is 5.92 Å². The Balaban J connectivity index is 1.75. The molecule has 0 radical (unpaired) electrons. The first kappa shape index (κ1) is 17.5. The van der Waals surface area contributed by atoms with Crippen LogP contribution in [0.2, 0.25) is 0 Å². The quantitative estimate of drug-likeness (QED) is 0.758. The molecule has 0 aromatic heterocycles. The van der Waals surface area contributed by atoms with E-state index in [0.717, 1.165) is 6.42 Å². The second kappa shape index (κ2) is 8.12. The van der Waals surface area contributed by atoms with Gasteiger partial charge in [0.1, 0.15) is 6.04 Å². The first-order valence-corrected chi connectivity index (χ1v) is 7.82. The van der Waals surface area contributed by atoms with Crippen LogP contribution in [-0.2, 0) is 9.53 Å². The normalized spacial score (nSPS) is 25.1. The fourth-order valence-corrected chi connectivity index (χ4v) is 2.89. The van der Waals surface area contributed by atoms with Gasteiger partial charge in [-0.05, 0) is 18.8 Å². The number of hydrogen-bond donors (Lipinski definition) is 2. The molecule has 2 atom stereocenters. The van der Waals surface area contributed by atoms with Crippen molar-refractivity contribution in [3.05, 3.63) is 0 Å². The van der Waals surface area contributed by atoms with Crippen LogP contribution >= 0.6 is 0 Å². The van der Waals surface area contributed by atoms with E-state index in [2.05, 4.69) is 10.6 Å². The summed E-state index contributed by atoms with van der Waals surface area (Å²) in [5.41, 5.74) is 0. The minimum absolute atomic E-state index is 0.264. The molecule has 2 heterocycles. The maximum atomic E-state index is 13.2. The Bertz CT molecular complexity index is 354. The molecule has 2 N–H and O–H groups in total. The van der Waals surface area contributed by atoms with Crippen molar-refractivity contribution in [1.82, 2.24) is 15.5 Å². The van der Waals surface area contributed by atoms with Crippen LogP contribution in [0.4, 0.5) is 13.2 Å². The Morgan fingerprint density at radius 3 is 2.68 bits per heavy atom. The van der Waals surface area contributed by atoms with E-state index < -0.39 is 12.2 Å². The second-order valence-electron chi connectivity index (χ2n) is 5.92. The predicted octanol–water partition coefficient (Wildman–Crippen LogP) is 0.755. The van der Waals surface area contributed by atoms with E-state index in [-0.39, 0.29) is 18.9 Å². The summed E-state index contributed by atoms with van der Waals surface area (Å²) in [6, 6.07) is -1.60. The van der Waals surface area contributed by atoms with Crippen molar-refractivity contribution < 1.29 is 22.7 Å². The number of piperazine rings is 1. The monoisotopic (exact) mass is 323 g/mol. The van der Waals surface area contributed by atoms with Crippen LogP contribution in [0.5, 0.6) is 0 Å². The lowest BCUT2D eigenvalue weighted by Crippen LogP contribution is -2.57. The van der Waals surface area contributed by atoms with Crippen molar-refractivity contribution >= 4 is 5.91 Å². The minimum atomic E-state index is -4.33. The topological polar surface area (TPSA) is 53.6 Å². The highest BCUT2D eigenvalue weighted by atomic mass is 19.4. The Morgan fingerprint density at radius 2 is 2.09 bits per heavy atom. The first-order chi connectivity index (χ1) is 10.5. The zero-order valence-electron chi connectivity index (χ0n) is 12.6. The van der Waals surface area contributed by atoms with Gasteiger partial charge in [-0.3, -0.25) is 9.69 Å². The molecule has 2 fully saturated rings. The van der Waals surface area contributed by atoms with E-state index in [1.54, 1.807) is 0 Å². The molecule has 0 saturated carbocycles. The van der Waals surface area contributed by atoms with Gasteiger partial charge in [0, 0.05) is 52.4 Å². The average molecular weight is 323 g/mol. The van der Waals surface area contributed by atoms with Crippen molar-refractivity contribution in [2.45, 2.75) is 31.5 Å². The SMILES string of the molecule is O=C(CCC1CCOC1)NCC(N1CCNCC1)C(F)(F)F. The molecular weight excluding hydrogens is 299 g/mol. The summed E-state index contributed by atoms with van der Waals surface area (Å²) in [5.74, 6) is 0.0496. The van der Waals surface area contributed by atoms with Crippen molar-refractivity contribution in [3.8, 4) is 0 Å². The smallest absolute Gasteiger partial charge is 0.381 e. The number of alkyl halides is 3. The molecule has 2 aliphatic rings. The zero-order chi connectivity index (χ0) is 16.0. The molecule has 2 rings (SSSR count). The molecule has 0 aliphatic carbocycles. The van der Waals surface area contributed by atoms with Crippen molar-refractivity contribution in [3.63, 3.8) is 0 Å². The van der Waals surface area contributed by atoms with E-state index in [1.807, 2.05) is 0 Å². The third-order valence-corrected chi connectivity index (χ3v) is 4.27. The molecule has 8 heteroatoms. The van der Waals surface area contributed by atoms with Crippen LogP contribution < -0.4 is 10.6 Å². The van der Waals surface area contributed by atoms with Gasteiger partial charge in [0.2, 0.25) is 5.91 Å². The Kier molecular flexibility index (Phi) is 6.46. The first-order valence-electron chi connectivity index (χ1n) is 7.82. The number of halogens is 3. The number of ether oxygens (including phenoxy) is 1. The lowest BCUT2D eigenvalue weighted by molar-refractivity contribution is -0.184. The van der Waals surface area contributed by atoms with E-state index >= 15 is 0 Å². The van der Waals surface area contributed by atoms with Gasteiger partial charge in [-0.1, -0.05) is 0 Å². The molecule has 2 aliphatic heterocycles. The maximum absolute atomic E-state index is 13.2. The molecule has 22 heavy (non-hydrogen) atoms. The molecule has 0 bridgehead atoms. The third-order valence-electron chi connectivity index (χ3n) is 4.27.